The molecule has 1 aliphatic heterocycles. The number of nitrogens with zero attached hydrogens (tertiary/aromatic N) is 4. The number of ether oxygens (including phenoxy) is 2. The summed E-state index contributed by atoms with van der Waals surface area (Å²) >= 11 is 0. The molecular weight excluding hydrogens is 540 g/mol. The second kappa shape index (κ2) is 13.2. The van der Waals surface area contributed by atoms with Gasteiger partial charge >= 0.3 is 17.6 Å². The van der Waals surface area contributed by atoms with Crippen molar-refractivity contribution >= 4 is 23.1 Å². The molecule has 11 heteroatoms. The summed E-state index contributed by atoms with van der Waals surface area (Å²) in [6.07, 6.45) is 12.2. The van der Waals surface area contributed by atoms with Crippen molar-refractivity contribution in [3.63, 3.8) is 0 Å². The quantitative estimate of drug-likeness (QED) is 0.513. The van der Waals surface area contributed by atoms with Crippen molar-refractivity contribution in [3.8, 4) is 0 Å². The predicted molar refractivity (Wildman–Crippen MR) is 157 cm³/mol. The first-order chi connectivity index (χ1) is 19.9. The van der Waals surface area contributed by atoms with Crippen LogP contribution in [0.25, 0.3) is 11.2 Å². The topological polar surface area (TPSA) is 135 Å². The Balaban J connectivity index is 0.000000241. The fraction of sp³-hybridized carbons (Fsp3) is 0.645. The van der Waals surface area contributed by atoms with Crippen LogP contribution in [0.15, 0.2) is 39.7 Å². The lowest BCUT2D eigenvalue weighted by molar-refractivity contribution is -0.162. The van der Waals surface area contributed by atoms with Crippen LogP contribution in [0.5, 0.6) is 0 Å². The number of aryl methyl sites for hydroxylation is 2. The zero-order valence-corrected chi connectivity index (χ0v) is 25.5. The normalized spacial score (nSPS) is 27.8. The fourth-order valence-corrected chi connectivity index (χ4v) is 6.27. The number of fused-ring (bicyclic) bond motifs is 2. The van der Waals surface area contributed by atoms with E-state index in [0.29, 0.717) is 29.4 Å². The molecule has 5 rings (SSSR count). The van der Waals surface area contributed by atoms with E-state index in [1.807, 2.05) is 13.8 Å². The summed E-state index contributed by atoms with van der Waals surface area (Å²) in [6, 6.07) is 0. The van der Waals surface area contributed by atoms with Crippen LogP contribution in [0.4, 0.5) is 0 Å². The molecule has 3 heterocycles. The highest BCUT2D eigenvalue weighted by Gasteiger charge is 2.41. The molecule has 42 heavy (non-hydrogen) atoms. The molecule has 7 atom stereocenters. The van der Waals surface area contributed by atoms with Gasteiger partial charge in [-0.25, -0.2) is 9.78 Å². The van der Waals surface area contributed by atoms with Gasteiger partial charge in [0.05, 0.1) is 24.8 Å². The van der Waals surface area contributed by atoms with E-state index in [1.165, 1.54) is 23.5 Å². The lowest BCUT2D eigenvalue weighted by Gasteiger charge is -2.42. The number of cyclic esters (lactones) is 1. The lowest BCUT2D eigenvalue weighted by Crippen LogP contribution is -2.40. The smallest absolute Gasteiger partial charge is 0.332 e. The highest BCUT2D eigenvalue weighted by molar-refractivity contribution is 5.72. The zero-order valence-electron chi connectivity index (χ0n) is 25.5. The Morgan fingerprint density at radius 1 is 1.19 bits per heavy atom. The maximum Gasteiger partial charge on any atom is 0.332 e. The standard InChI is InChI=1S/C23H34O5.C8H10N4O2/c1-4-14(2)23(26)28-20-7-5-6-16-9-8-15(3)19(22(16)20)11-10-18-12-17(24)13-21(25)27-18;1-10-4-9-6-5(10)7(13)12(3)8(14)11(6)2/h6,8-9,14-15,17-20,22,24H,4-5,7,10-13H2,1-3H3;4H,1-3H3/t14-,15-,17+,18+,19-,20-,22-;/m0./s1. The van der Waals surface area contributed by atoms with E-state index in [1.54, 1.807) is 18.7 Å². The monoisotopic (exact) mass is 584 g/mol. The van der Waals surface area contributed by atoms with Gasteiger partial charge in [-0.2, -0.15) is 0 Å². The Morgan fingerprint density at radius 3 is 2.62 bits per heavy atom. The minimum atomic E-state index is -0.593. The van der Waals surface area contributed by atoms with Crippen LogP contribution < -0.4 is 11.2 Å². The highest BCUT2D eigenvalue weighted by Crippen LogP contribution is 2.44. The molecule has 0 saturated carbocycles. The summed E-state index contributed by atoms with van der Waals surface area (Å²) in [4.78, 5) is 51.2. The molecule has 0 unspecified atom stereocenters. The number of carbonyl (C=O) groups excluding carboxylic acids is 2. The van der Waals surface area contributed by atoms with Crippen LogP contribution in [-0.2, 0) is 40.2 Å². The Labute approximate surface area is 245 Å². The summed E-state index contributed by atoms with van der Waals surface area (Å²) in [5.74, 6) is 0.426. The van der Waals surface area contributed by atoms with E-state index in [0.717, 1.165) is 36.7 Å². The molecule has 0 aromatic carbocycles. The van der Waals surface area contributed by atoms with Gasteiger partial charge in [-0.1, -0.05) is 39.0 Å². The second-order valence-electron chi connectivity index (χ2n) is 12.0. The number of aliphatic hydroxyl groups is 1. The van der Waals surface area contributed by atoms with Crippen LogP contribution in [0, 0.1) is 23.7 Å². The van der Waals surface area contributed by atoms with Gasteiger partial charge in [0.25, 0.3) is 5.56 Å². The van der Waals surface area contributed by atoms with Crippen LogP contribution in [-0.4, -0.2) is 54.0 Å². The van der Waals surface area contributed by atoms with Gasteiger partial charge in [0.15, 0.2) is 11.2 Å². The molecule has 1 N–H and O–H groups in total. The number of esters is 2. The molecule has 2 aromatic heterocycles. The molecule has 230 valence electrons. The van der Waals surface area contributed by atoms with Gasteiger partial charge in [0, 0.05) is 33.5 Å². The van der Waals surface area contributed by atoms with E-state index in [2.05, 4.69) is 30.1 Å². The SMILES string of the molecule is CC[C@H](C)C(=O)O[C@H]1CCC=C2C=C[C@H](C)[C@H](CC[C@@H]3C[C@@H](O)CC(=O)O3)[C@H]21.Cn1c(=O)c2c(ncn2C)n(C)c1=O. The van der Waals surface area contributed by atoms with Gasteiger partial charge in [-0.15, -0.1) is 0 Å². The molecule has 3 aliphatic rings. The number of hydrogen-bond acceptors (Lipinski definition) is 8. The van der Waals surface area contributed by atoms with E-state index in [9.17, 15) is 24.3 Å². The summed E-state index contributed by atoms with van der Waals surface area (Å²) in [7, 11) is 4.77. The summed E-state index contributed by atoms with van der Waals surface area (Å²) in [6.45, 7) is 6.14. The molecule has 2 aliphatic carbocycles. The van der Waals surface area contributed by atoms with Crippen LogP contribution in [0.3, 0.4) is 0 Å². The number of hydrogen-bond donors (Lipinski definition) is 1. The third kappa shape index (κ3) is 6.61. The van der Waals surface area contributed by atoms with Crippen molar-refractivity contribution in [3.05, 3.63) is 51.0 Å². The van der Waals surface area contributed by atoms with Crippen molar-refractivity contribution in [1.29, 1.82) is 0 Å². The van der Waals surface area contributed by atoms with Crippen LogP contribution in [0.1, 0.15) is 65.7 Å². The lowest BCUT2D eigenvalue weighted by atomic mass is 9.66. The first-order valence-electron chi connectivity index (χ1n) is 15.0. The molecule has 0 amide bonds. The maximum absolute atomic E-state index is 12.4. The average Bonchev–Trinajstić information content (AvgIpc) is 3.35. The van der Waals surface area contributed by atoms with E-state index in [-0.39, 0.29) is 53.7 Å². The second-order valence-corrected chi connectivity index (χ2v) is 12.0. The molecule has 1 fully saturated rings. The molecule has 0 bridgehead atoms. The first kappa shape index (κ1) is 31.5. The summed E-state index contributed by atoms with van der Waals surface area (Å²) in [5.41, 5.74) is 1.46. The van der Waals surface area contributed by atoms with Gasteiger partial charge in [-0.05, 0) is 49.5 Å². The van der Waals surface area contributed by atoms with Crippen molar-refractivity contribution < 1.29 is 24.2 Å². The third-order valence-corrected chi connectivity index (χ3v) is 9.00. The van der Waals surface area contributed by atoms with Gasteiger partial charge < -0.3 is 19.1 Å². The molecular formula is C31H44N4O7. The third-order valence-electron chi connectivity index (χ3n) is 9.00. The summed E-state index contributed by atoms with van der Waals surface area (Å²) in [5, 5.41) is 9.86. The predicted octanol–water partition coefficient (Wildman–Crippen LogP) is 2.92. The number of carbonyl (C=O) groups is 2. The molecule has 2 aromatic rings. The van der Waals surface area contributed by atoms with Crippen molar-refractivity contribution in [2.45, 2.75) is 84.0 Å². The Bertz CT molecular complexity index is 1480. The molecule has 11 nitrogen and oxygen atoms in total. The van der Waals surface area contributed by atoms with Crippen LogP contribution >= 0.6 is 0 Å². The van der Waals surface area contributed by atoms with Crippen molar-refractivity contribution in [2.24, 2.45) is 44.8 Å². The first-order valence-corrected chi connectivity index (χ1v) is 15.0. The summed E-state index contributed by atoms with van der Waals surface area (Å²) < 4.78 is 15.5. The van der Waals surface area contributed by atoms with Crippen LogP contribution in [0.2, 0.25) is 0 Å². The van der Waals surface area contributed by atoms with Gasteiger partial charge in [0.1, 0.15) is 12.2 Å². The number of imidazole rings is 1. The van der Waals surface area contributed by atoms with E-state index < -0.39 is 6.10 Å². The zero-order chi connectivity index (χ0) is 30.7. The minimum absolute atomic E-state index is 0.0764. The number of aromatic nitrogens is 4. The molecule has 0 spiro atoms. The molecule has 1 saturated heterocycles. The Hall–Kier alpha value is -3.47. The average molecular weight is 585 g/mol. The van der Waals surface area contributed by atoms with Gasteiger partial charge in [-0.3, -0.25) is 23.5 Å². The largest absolute Gasteiger partial charge is 0.462 e. The van der Waals surface area contributed by atoms with E-state index >= 15 is 0 Å². The number of aliphatic hydroxyl groups excluding tert-OH is 1. The van der Waals surface area contributed by atoms with Crippen molar-refractivity contribution in [1.82, 2.24) is 18.7 Å². The Kier molecular flexibility index (Phi) is 9.91. The minimum Gasteiger partial charge on any atom is -0.462 e. The number of rotatable bonds is 6. The molecule has 0 radical (unpaired) electrons. The van der Waals surface area contributed by atoms with Crippen molar-refractivity contribution in [2.75, 3.05) is 0 Å². The fourth-order valence-electron chi connectivity index (χ4n) is 6.27. The Morgan fingerprint density at radius 2 is 1.93 bits per heavy atom. The maximum atomic E-state index is 12.4. The number of allylic oxidation sites excluding steroid dienone is 3. The van der Waals surface area contributed by atoms with Gasteiger partial charge in [0.2, 0.25) is 0 Å². The van der Waals surface area contributed by atoms with E-state index in [4.69, 9.17) is 9.47 Å². The highest BCUT2D eigenvalue weighted by atomic mass is 16.5.